The number of alkyl halides is 1. The van der Waals surface area contributed by atoms with Crippen LogP contribution in [0.3, 0.4) is 0 Å². The van der Waals surface area contributed by atoms with Crippen LogP contribution in [0.25, 0.3) is 0 Å². The van der Waals surface area contributed by atoms with E-state index in [1.54, 1.807) is 0 Å². The van der Waals surface area contributed by atoms with E-state index in [1.807, 2.05) is 35.2 Å². The van der Waals surface area contributed by atoms with Crippen LogP contribution in [0.5, 0.6) is 0 Å². The highest BCUT2D eigenvalue weighted by Crippen LogP contribution is 2.20. The SMILES string of the molecule is O=C(c1ccccc1)N1CCC[C@@H]1CCl. The molecule has 1 aromatic carbocycles. The smallest absolute Gasteiger partial charge is 0.254 e. The molecule has 0 saturated carbocycles. The van der Waals surface area contributed by atoms with Crippen molar-refractivity contribution in [1.29, 1.82) is 0 Å². The normalized spacial score (nSPS) is 20.6. The average Bonchev–Trinajstić information content (AvgIpc) is 2.77. The van der Waals surface area contributed by atoms with Gasteiger partial charge < -0.3 is 4.90 Å². The molecule has 1 saturated heterocycles. The molecule has 15 heavy (non-hydrogen) atoms. The van der Waals surface area contributed by atoms with Crippen molar-refractivity contribution >= 4 is 17.5 Å². The molecule has 0 N–H and O–H groups in total. The Kier molecular flexibility index (Phi) is 3.27. The molecule has 0 aromatic heterocycles. The minimum absolute atomic E-state index is 0.110. The molecule has 3 heteroatoms. The van der Waals surface area contributed by atoms with E-state index in [4.69, 9.17) is 11.6 Å². The fourth-order valence-electron chi connectivity index (χ4n) is 2.01. The third-order valence-electron chi connectivity index (χ3n) is 2.84. The van der Waals surface area contributed by atoms with Crippen LogP contribution in [-0.2, 0) is 0 Å². The molecule has 0 spiro atoms. The lowest BCUT2D eigenvalue weighted by Gasteiger charge is -2.22. The molecule has 0 unspecified atom stereocenters. The maximum Gasteiger partial charge on any atom is 0.254 e. The predicted octanol–water partition coefficient (Wildman–Crippen LogP) is 2.53. The van der Waals surface area contributed by atoms with Crippen LogP contribution in [0.4, 0.5) is 0 Å². The van der Waals surface area contributed by atoms with Gasteiger partial charge in [-0.3, -0.25) is 4.79 Å². The monoisotopic (exact) mass is 223 g/mol. The quantitative estimate of drug-likeness (QED) is 0.706. The van der Waals surface area contributed by atoms with Crippen LogP contribution >= 0.6 is 11.6 Å². The van der Waals surface area contributed by atoms with Crippen molar-refractivity contribution in [3.63, 3.8) is 0 Å². The summed E-state index contributed by atoms with van der Waals surface area (Å²) in [5.74, 6) is 0.650. The summed E-state index contributed by atoms with van der Waals surface area (Å²) in [4.78, 5) is 14.0. The van der Waals surface area contributed by atoms with Gasteiger partial charge in [0.1, 0.15) is 0 Å². The highest BCUT2D eigenvalue weighted by atomic mass is 35.5. The van der Waals surface area contributed by atoms with Gasteiger partial charge in [0.25, 0.3) is 5.91 Å². The lowest BCUT2D eigenvalue weighted by atomic mass is 10.2. The number of nitrogens with zero attached hydrogens (tertiary/aromatic N) is 1. The fourth-order valence-corrected chi connectivity index (χ4v) is 2.33. The number of halogens is 1. The summed E-state index contributed by atoms with van der Waals surface area (Å²) < 4.78 is 0. The first-order valence-electron chi connectivity index (χ1n) is 5.25. The number of carbonyl (C=O) groups is 1. The molecule has 0 radical (unpaired) electrons. The highest BCUT2D eigenvalue weighted by molar-refractivity contribution is 6.18. The molecule has 1 fully saturated rings. The predicted molar refractivity (Wildman–Crippen MR) is 61.2 cm³/mol. The average molecular weight is 224 g/mol. The van der Waals surface area contributed by atoms with Crippen molar-refractivity contribution in [2.75, 3.05) is 12.4 Å². The molecular formula is C12H14ClNO. The van der Waals surface area contributed by atoms with Crippen molar-refractivity contribution in [2.45, 2.75) is 18.9 Å². The van der Waals surface area contributed by atoms with E-state index in [1.165, 1.54) is 0 Å². The Balaban J connectivity index is 2.14. The van der Waals surface area contributed by atoms with E-state index in [2.05, 4.69) is 0 Å². The van der Waals surface area contributed by atoms with Gasteiger partial charge >= 0.3 is 0 Å². The van der Waals surface area contributed by atoms with Gasteiger partial charge in [0.05, 0.1) is 0 Å². The molecule has 1 aliphatic rings. The van der Waals surface area contributed by atoms with E-state index in [-0.39, 0.29) is 11.9 Å². The Labute approximate surface area is 94.8 Å². The van der Waals surface area contributed by atoms with Gasteiger partial charge in [-0.1, -0.05) is 18.2 Å². The highest BCUT2D eigenvalue weighted by Gasteiger charge is 2.28. The summed E-state index contributed by atoms with van der Waals surface area (Å²) in [6.07, 6.45) is 2.10. The van der Waals surface area contributed by atoms with E-state index in [9.17, 15) is 4.79 Å². The zero-order valence-corrected chi connectivity index (χ0v) is 9.28. The summed E-state index contributed by atoms with van der Waals surface area (Å²) in [5.41, 5.74) is 0.759. The summed E-state index contributed by atoms with van der Waals surface area (Å²) in [6.45, 7) is 0.838. The Hall–Kier alpha value is -1.02. The standard InChI is InChI=1S/C12H14ClNO/c13-9-11-7-4-8-14(11)12(15)10-5-2-1-3-6-10/h1-3,5-6,11H,4,7-9H2/t11-/m1/s1. The van der Waals surface area contributed by atoms with Gasteiger partial charge in [0, 0.05) is 24.0 Å². The lowest BCUT2D eigenvalue weighted by molar-refractivity contribution is 0.0749. The van der Waals surface area contributed by atoms with Crippen molar-refractivity contribution in [1.82, 2.24) is 4.90 Å². The molecule has 1 aliphatic heterocycles. The van der Waals surface area contributed by atoms with Crippen LogP contribution in [0.15, 0.2) is 30.3 Å². The van der Waals surface area contributed by atoms with E-state index < -0.39 is 0 Å². The summed E-state index contributed by atoms with van der Waals surface area (Å²) in [6, 6.07) is 9.62. The molecule has 1 heterocycles. The molecule has 2 nitrogen and oxygen atoms in total. The third kappa shape index (κ3) is 2.15. The Morgan fingerprint density at radius 3 is 2.80 bits per heavy atom. The van der Waals surface area contributed by atoms with Gasteiger partial charge in [-0.2, -0.15) is 0 Å². The molecule has 1 atom stereocenters. The molecule has 1 amide bonds. The third-order valence-corrected chi connectivity index (χ3v) is 3.19. The van der Waals surface area contributed by atoms with Gasteiger partial charge in [-0.15, -0.1) is 11.6 Å². The van der Waals surface area contributed by atoms with Gasteiger partial charge in [-0.25, -0.2) is 0 Å². The number of rotatable bonds is 2. The van der Waals surface area contributed by atoms with E-state index >= 15 is 0 Å². The minimum atomic E-state index is 0.110. The van der Waals surface area contributed by atoms with Crippen LogP contribution < -0.4 is 0 Å². The molecule has 0 bridgehead atoms. The number of hydrogen-bond donors (Lipinski definition) is 0. The first kappa shape index (κ1) is 10.5. The van der Waals surface area contributed by atoms with Crippen LogP contribution in [0.2, 0.25) is 0 Å². The molecular weight excluding hydrogens is 210 g/mol. The Bertz CT molecular complexity index is 339. The number of amides is 1. The van der Waals surface area contributed by atoms with E-state index in [0.29, 0.717) is 5.88 Å². The summed E-state index contributed by atoms with van der Waals surface area (Å²) in [7, 11) is 0. The topological polar surface area (TPSA) is 20.3 Å². The second kappa shape index (κ2) is 4.67. The minimum Gasteiger partial charge on any atom is -0.334 e. The maximum absolute atomic E-state index is 12.1. The van der Waals surface area contributed by atoms with Gasteiger partial charge in [0.2, 0.25) is 0 Å². The van der Waals surface area contributed by atoms with Gasteiger partial charge in [-0.05, 0) is 25.0 Å². The number of carbonyl (C=O) groups excluding carboxylic acids is 1. The first-order valence-corrected chi connectivity index (χ1v) is 5.78. The van der Waals surface area contributed by atoms with Crippen LogP contribution in [0.1, 0.15) is 23.2 Å². The first-order chi connectivity index (χ1) is 7.33. The van der Waals surface area contributed by atoms with Crippen molar-refractivity contribution < 1.29 is 4.79 Å². The van der Waals surface area contributed by atoms with E-state index in [0.717, 1.165) is 24.9 Å². The second-order valence-corrected chi connectivity index (χ2v) is 4.12. The van der Waals surface area contributed by atoms with Gasteiger partial charge in [0.15, 0.2) is 0 Å². The summed E-state index contributed by atoms with van der Waals surface area (Å²) >= 11 is 5.84. The number of hydrogen-bond acceptors (Lipinski definition) is 1. The van der Waals surface area contributed by atoms with Crippen molar-refractivity contribution in [3.8, 4) is 0 Å². The number of likely N-dealkylation sites (tertiary alicyclic amines) is 1. The maximum atomic E-state index is 12.1. The number of benzene rings is 1. The van der Waals surface area contributed by atoms with Crippen LogP contribution in [-0.4, -0.2) is 29.3 Å². The lowest BCUT2D eigenvalue weighted by Crippen LogP contribution is -2.36. The van der Waals surface area contributed by atoms with Crippen LogP contribution in [0, 0.1) is 0 Å². The van der Waals surface area contributed by atoms with Crippen molar-refractivity contribution in [2.24, 2.45) is 0 Å². The Morgan fingerprint density at radius 2 is 2.13 bits per heavy atom. The fraction of sp³-hybridized carbons (Fsp3) is 0.417. The largest absolute Gasteiger partial charge is 0.334 e. The Morgan fingerprint density at radius 1 is 1.40 bits per heavy atom. The molecule has 0 aliphatic carbocycles. The zero-order chi connectivity index (χ0) is 10.7. The molecule has 1 aromatic rings. The van der Waals surface area contributed by atoms with Crippen molar-refractivity contribution in [3.05, 3.63) is 35.9 Å². The molecule has 2 rings (SSSR count). The second-order valence-electron chi connectivity index (χ2n) is 3.81. The summed E-state index contributed by atoms with van der Waals surface area (Å²) in [5, 5.41) is 0. The zero-order valence-electron chi connectivity index (χ0n) is 8.53. The molecule has 80 valence electrons.